The first-order chi connectivity index (χ1) is 12.0. The molecular formula is C19H21ClN2O3. The minimum atomic E-state index is -0.419. The van der Waals surface area contributed by atoms with Gasteiger partial charge < -0.3 is 0 Å². The zero-order valence-corrected chi connectivity index (χ0v) is 14.8. The summed E-state index contributed by atoms with van der Waals surface area (Å²) in [7, 11) is 0. The van der Waals surface area contributed by atoms with Crippen molar-refractivity contribution in [3.8, 4) is 0 Å². The lowest BCUT2D eigenvalue weighted by Gasteiger charge is -2.43. The van der Waals surface area contributed by atoms with Crippen LogP contribution < -0.4 is 0 Å². The van der Waals surface area contributed by atoms with Gasteiger partial charge in [0.2, 0.25) is 11.8 Å². The van der Waals surface area contributed by atoms with Crippen molar-refractivity contribution in [2.45, 2.75) is 50.5 Å². The van der Waals surface area contributed by atoms with Gasteiger partial charge in [-0.05, 0) is 62.1 Å². The Bertz CT molecular complexity index is 723. The number of rotatable bonds is 4. The van der Waals surface area contributed by atoms with Crippen LogP contribution in [0.25, 0.3) is 0 Å². The maximum Gasteiger partial charge on any atom is 0.333 e. The van der Waals surface area contributed by atoms with Gasteiger partial charge in [0.1, 0.15) is 6.42 Å². The van der Waals surface area contributed by atoms with Crippen LogP contribution in [0.1, 0.15) is 44.1 Å². The van der Waals surface area contributed by atoms with Crippen molar-refractivity contribution in [2.24, 2.45) is 5.92 Å². The molecule has 1 heterocycles. The topological polar surface area (TPSA) is 57.7 Å². The molecule has 0 atom stereocenters. The number of carbonyl (C=O) groups is 3. The van der Waals surface area contributed by atoms with Crippen molar-refractivity contribution in [1.29, 1.82) is 0 Å². The molecule has 4 rings (SSSR count). The number of imide groups is 2. The molecule has 0 spiro atoms. The average Bonchev–Trinajstić information content (AvgIpc) is 3.17. The van der Waals surface area contributed by atoms with E-state index in [0.29, 0.717) is 23.9 Å². The number of urea groups is 1. The summed E-state index contributed by atoms with van der Waals surface area (Å²) in [6.45, 7) is 0.294. The molecule has 1 aliphatic heterocycles. The fourth-order valence-corrected chi connectivity index (χ4v) is 4.82. The van der Waals surface area contributed by atoms with Gasteiger partial charge in [0.15, 0.2) is 0 Å². The molecule has 1 saturated heterocycles. The minimum Gasteiger partial charge on any atom is -0.274 e. The molecule has 3 aliphatic rings. The molecule has 2 bridgehead atoms. The van der Waals surface area contributed by atoms with Crippen LogP contribution in [0.5, 0.6) is 0 Å². The second-order valence-corrected chi connectivity index (χ2v) is 7.92. The Labute approximate surface area is 151 Å². The molecule has 3 fully saturated rings. The number of carbonyl (C=O) groups excluding carboxylic acids is 3. The first kappa shape index (κ1) is 16.6. The van der Waals surface area contributed by atoms with Crippen molar-refractivity contribution in [3.63, 3.8) is 0 Å². The lowest BCUT2D eigenvalue weighted by atomic mass is 9.91. The number of hydrogen-bond acceptors (Lipinski definition) is 3. The lowest BCUT2D eigenvalue weighted by molar-refractivity contribution is -0.146. The second-order valence-electron chi connectivity index (χ2n) is 7.48. The van der Waals surface area contributed by atoms with E-state index in [4.69, 9.17) is 11.6 Å². The molecule has 0 aromatic heterocycles. The summed E-state index contributed by atoms with van der Waals surface area (Å²) in [5.41, 5.74) is 0.673. The summed E-state index contributed by atoms with van der Waals surface area (Å²) in [6, 6.07) is 6.95. The Morgan fingerprint density at radius 3 is 2.32 bits per heavy atom. The summed E-state index contributed by atoms with van der Waals surface area (Å²) in [5.74, 6) is -0.0785. The average molecular weight is 361 g/mol. The van der Waals surface area contributed by atoms with Gasteiger partial charge in [-0.1, -0.05) is 23.7 Å². The minimum absolute atomic E-state index is 0.196. The lowest BCUT2D eigenvalue weighted by Crippen LogP contribution is -2.62. The van der Waals surface area contributed by atoms with Gasteiger partial charge in [-0.3, -0.25) is 19.4 Å². The molecule has 2 saturated carbocycles. The van der Waals surface area contributed by atoms with Gasteiger partial charge in [-0.15, -0.1) is 0 Å². The molecule has 2 aliphatic carbocycles. The van der Waals surface area contributed by atoms with Crippen LogP contribution in [0, 0.1) is 5.92 Å². The Kier molecular flexibility index (Phi) is 4.07. The number of nitrogens with zero attached hydrogens (tertiary/aromatic N) is 2. The predicted octanol–water partition coefficient (Wildman–Crippen LogP) is 3.40. The highest BCUT2D eigenvalue weighted by Crippen LogP contribution is 2.52. The largest absolute Gasteiger partial charge is 0.333 e. The van der Waals surface area contributed by atoms with Crippen molar-refractivity contribution in [3.05, 3.63) is 34.9 Å². The van der Waals surface area contributed by atoms with Gasteiger partial charge >= 0.3 is 6.03 Å². The smallest absolute Gasteiger partial charge is 0.274 e. The summed E-state index contributed by atoms with van der Waals surface area (Å²) in [5, 5.41) is 0.654. The molecule has 0 N–H and O–H groups in total. The third-order valence-corrected chi connectivity index (χ3v) is 6.24. The molecule has 5 nitrogen and oxygen atoms in total. The molecule has 0 radical (unpaired) electrons. The van der Waals surface area contributed by atoms with E-state index in [1.807, 2.05) is 12.1 Å². The van der Waals surface area contributed by atoms with Crippen LogP contribution in [-0.4, -0.2) is 39.7 Å². The van der Waals surface area contributed by atoms with E-state index in [-0.39, 0.29) is 23.8 Å². The van der Waals surface area contributed by atoms with Crippen molar-refractivity contribution < 1.29 is 14.4 Å². The molecular weight excluding hydrogens is 340 g/mol. The van der Waals surface area contributed by atoms with E-state index >= 15 is 0 Å². The van der Waals surface area contributed by atoms with E-state index in [1.165, 1.54) is 9.80 Å². The normalized spacial score (nSPS) is 29.0. The highest BCUT2D eigenvalue weighted by molar-refractivity contribution is 6.30. The first-order valence-corrected chi connectivity index (χ1v) is 9.28. The highest BCUT2D eigenvalue weighted by atomic mass is 35.5. The van der Waals surface area contributed by atoms with Gasteiger partial charge in [0, 0.05) is 11.6 Å². The Balaban J connectivity index is 1.51. The van der Waals surface area contributed by atoms with Crippen LogP contribution in [0.2, 0.25) is 5.02 Å². The fourth-order valence-electron chi connectivity index (χ4n) is 4.69. The third-order valence-electron chi connectivity index (χ3n) is 5.99. The molecule has 6 heteroatoms. The van der Waals surface area contributed by atoms with Crippen LogP contribution in [0.15, 0.2) is 24.3 Å². The number of amides is 4. The summed E-state index contributed by atoms with van der Waals surface area (Å²) in [4.78, 5) is 40.4. The number of hydrogen-bond donors (Lipinski definition) is 0. The molecule has 0 unspecified atom stereocenters. The number of halogens is 1. The van der Waals surface area contributed by atoms with Gasteiger partial charge in [-0.2, -0.15) is 0 Å². The Morgan fingerprint density at radius 1 is 1.04 bits per heavy atom. The molecule has 25 heavy (non-hydrogen) atoms. The van der Waals surface area contributed by atoms with E-state index in [1.54, 1.807) is 12.1 Å². The van der Waals surface area contributed by atoms with Crippen LogP contribution >= 0.6 is 11.6 Å². The maximum absolute atomic E-state index is 13.0. The highest BCUT2D eigenvalue weighted by Gasteiger charge is 2.55. The van der Waals surface area contributed by atoms with Crippen LogP contribution in [0.4, 0.5) is 4.79 Å². The standard InChI is InChI=1S/C19H21ClN2O3/c20-15-3-1-13(2-4-15)7-10-21-16(23)11-17(24)22(18(21)25)19-8-5-14(12-19)6-9-19/h1-4,14H,5-12H2. The van der Waals surface area contributed by atoms with Crippen molar-refractivity contribution >= 4 is 29.4 Å². The van der Waals surface area contributed by atoms with Crippen LogP contribution in [0.3, 0.4) is 0 Å². The van der Waals surface area contributed by atoms with Gasteiger partial charge in [0.05, 0.1) is 5.54 Å². The summed E-state index contributed by atoms with van der Waals surface area (Å²) >= 11 is 5.89. The Morgan fingerprint density at radius 2 is 1.72 bits per heavy atom. The number of barbiturate groups is 1. The summed E-state index contributed by atoms with van der Waals surface area (Å²) in [6.07, 6.45) is 5.20. The molecule has 4 amide bonds. The fraction of sp³-hybridized carbons (Fsp3) is 0.526. The van der Waals surface area contributed by atoms with Crippen LogP contribution in [-0.2, 0) is 16.0 Å². The van der Waals surface area contributed by atoms with Gasteiger partial charge in [0.25, 0.3) is 0 Å². The first-order valence-electron chi connectivity index (χ1n) is 8.90. The monoisotopic (exact) mass is 360 g/mol. The summed E-state index contributed by atoms with van der Waals surface area (Å²) < 4.78 is 0. The van der Waals surface area contributed by atoms with Crippen molar-refractivity contribution in [1.82, 2.24) is 9.80 Å². The Hall–Kier alpha value is -1.88. The van der Waals surface area contributed by atoms with E-state index in [9.17, 15) is 14.4 Å². The zero-order valence-electron chi connectivity index (χ0n) is 14.0. The number of benzene rings is 1. The molecule has 1 aromatic carbocycles. The third kappa shape index (κ3) is 2.84. The predicted molar refractivity (Wildman–Crippen MR) is 93.0 cm³/mol. The number of fused-ring (bicyclic) bond motifs is 2. The SMILES string of the molecule is O=C1CC(=O)N(C23CCC(CC2)C3)C(=O)N1CCc1ccc(Cl)cc1. The van der Waals surface area contributed by atoms with E-state index in [2.05, 4.69) is 0 Å². The zero-order chi connectivity index (χ0) is 17.6. The molecule has 1 aromatic rings. The maximum atomic E-state index is 13.0. The molecule has 132 valence electrons. The van der Waals surface area contributed by atoms with E-state index in [0.717, 1.165) is 37.7 Å². The van der Waals surface area contributed by atoms with Gasteiger partial charge in [-0.25, -0.2) is 4.79 Å². The quantitative estimate of drug-likeness (QED) is 0.773. The second kappa shape index (κ2) is 6.13. The van der Waals surface area contributed by atoms with Crippen molar-refractivity contribution in [2.75, 3.05) is 6.54 Å². The van der Waals surface area contributed by atoms with E-state index < -0.39 is 6.03 Å².